The van der Waals surface area contributed by atoms with Crippen molar-refractivity contribution in [1.82, 2.24) is 9.80 Å². The molecule has 0 amide bonds. The van der Waals surface area contributed by atoms with Crippen LogP contribution in [0.4, 0.5) is 0 Å². The number of hydrogen-bond acceptors (Lipinski definition) is 8. The predicted octanol–water partition coefficient (Wildman–Crippen LogP) is 4.26. The topological polar surface area (TPSA) is 177 Å². The number of nitrogens with zero attached hydrogens (tertiary/aromatic N) is 3. The summed E-state index contributed by atoms with van der Waals surface area (Å²) < 4.78 is 0. The Morgan fingerprint density at radius 3 is 1.72 bits per heavy atom. The van der Waals surface area contributed by atoms with E-state index in [1.165, 1.54) is 23.1 Å². The second kappa shape index (κ2) is 21.6. The Morgan fingerprint density at radius 2 is 1.20 bits per heavy atom. The van der Waals surface area contributed by atoms with Gasteiger partial charge in [-0.1, -0.05) is 65.8 Å². The summed E-state index contributed by atoms with van der Waals surface area (Å²) in [5, 5.41) is 35.7. The monoisotopic (exact) mass is 635 g/mol. The third-order valence-electron chi connectivity index (χ3n) is 6.71. The van der Waals surface area contributed by atoms with Crippen molar-refractivity contribution in [3.8, 4) is 0 Å². The maximum atomic E-state index is 9.55. The van der Waals surface area contributed by atoms with Gasteiger partial charge in [0.05, 0.1) is 5.71 Å². The van der Waals surface area contributed by atoms with E-state index in [0.29, 0.717) is 30.9 Å². The molecule has 0 unspecified atom stereocenters. The van der Waals surface area contributed by atoms with E-state index in [2.05, 4.69) is 81.7 Å². The zero-order valence-electron chi connectivity index (χ0n) is 25.6. The van der Waals surface area contributed by atoms with Crippen molar-refractivity contribution >= 4 is 35.7 Å². The number of piperazine rings is 1. The predicted molar refractivity (Wildman–Crippen MR) is 173 cm³/mol. The van der Waals surface area contributed by atoms with Crippen molar-refractivity contribution in [3.63, 3.8) is 0 Å². The first-order chi connectivity index (χ1) is 22.1. The van der Waals surface area contributed by atoms with Crippen molar-refractivity contribution in [1.29, 1.82) is 0 Å². The summed E-state index contributed by atoms with van der Waals surface area (Å²) in [6.45, 7) is 7.44. The van der Waals surface area contributed by atoms with E-state index in [1.54, 1.807) is 0 Å². The molecule has 1 aliphatic heterocycles. The number of carboxylic acids is 4. The number of rotatable bonds is 12. The first kappa shape index (κ1) is 37.1. The average molecular weight is 636 g/mol. The lowest BCUT2D eigenvalue weighted by atomic mass is 10.1. The molecule has 46 heavy (non-hydrogen) atoms. The summed E-state index contributed by atoms with van der Waals surface area (Å²) in [5.74, 6) is -5.03. The molecule has 4 N–H and O–H groups in total. The van der Waals surface area contributed by atoms with Gasteiger partial charge in [-0.3, -0.25) is 4.90 Å². The van der Waals surface area contributed by atoms with Crippen LogP contribution in [0.1, 0.15) is 36.8 Å². The molecule has 2 aromatic rings. The number of allylic oxidation sites excluding steroid dienone is 1. The second-order valence-electron chi connectivity index (χ2n) is 10.3. The summed E-state index contributed by atoms with van der Waals surface area (Å²) >= 11 is 0. The SMILES string of the molecule is C(=C1CCCC1=NOCCCN1CCN(Cc2ccccc2)CC1)c1ccccc1.O=C(O)/C=C/C(=O)O.O=C(O)/C=C/C(=O)O. The third kappa shape index (κ3) is 17.3. The highest BCUT2D eigenvalue weighted by Crippen LogP contribution is 2.24. The van der Waals surface area contributed by atoms with Crippen molar-refractivity contribution < 1.29 is 44.4 Å². The molecule has 2 fully saturated rings. The number of aliphatic carboxylic acids is 4. The Labute approximate surface area is 268 Å². The summed E-state index contributed by atoms with van der Waals surface area (Å²) in [4.78, 5) is 49.0. The largest absolute Gasteiger partial charge is 0.478 e. The van der Waals surface area contributed by atoms with Gasteiger partial charge in [0, 0.05) is 63.6 Å². The molecular weight excluding hydrogens is 594 g/mol. The minimum atomic E-state index is -1.26. The van der Waals surface area contributed by atoms with Crippen LogP contribution in [0, 0.1) is 0 Å². The van der Waals surface area contributed by atoms with Gasteiger partial charge in [0.15, 0.2) is 0 Å². The molecule has 12 nitrogen and oxygen atoms in total. The van der Waals surface area contributed by atoms with Crippen LogP contribution in [0.2, 0.25) is 0 Å². The Bertz CT molecular complexity index is 1300. The van der Waals surface area contributed by atoms with E-state index in [-0.39, 0.29) is 0 Å². The zero-order chi connectivity index (χ0) is 33.6. The van der Waals surface area contributed by atoms with E-state index in [9.17, 15) is 19.2 Å². The van der Waals surface area contributed by atoms with E-state index in [4.69, 9.17) is 25.3 Å². The maximum Gasteiger partial charge on any atom is 0.328 e. The third-order valence-corrected chi connectivity index (χ3v) is 6.71. The molecule has 246 valence electrons. The lowest BCUT2D eigenvalue weighted by molar-refractivity contribution is -0.134. The van der Waals surface area contributed by atoms with E-state index in [1.807, 2.05) is 0 Å². The van der Waals surface area contributed by atoms with E-state index < -0.39 is 23.9 Å². The highest BCUT2D eigenvalue weighted by atomic mass is 16.6. The Hall–Kier alpha value is -5.07. The van der Waals surface area contributed by atoms with Gasteiger partial charge in [0.25, 0.3) is 0 Å². The van der Waals surface area contributed by atoms with Gasteiger partial charge in [0.2, 0.25) is 0 Å². The fourth-order valence-corrected chi connectivity index (χ4v) is 4.54. The van der Waals surface area contributed by atoms with Gasteiger partial charge in [-0.15, -0.1) is 0 Å². The maximum absolute atomic E-state index is 9.55. The van der Waals surface area contributed by atoms with Gasteiger partial charge in [-0.2, -0.15) is 0 Å². The normalized spacial score (nSPS) is 16.9. The van der Waals surface area contributed by atoms with Crippen LogP contribution in [0.5, 0.6) is 0 Å². The molecule has 12 heteroatoms. The van der Waals surface area contributed by atoms with Crippen LogP contribution in [0.15, 0.2) is 95.7 Å². The molecule has 2 aromatic carbocycles. The molecule has 2 aliphatic rings. The molecule has 1 saturated heterocycles. The van der Waals surface area contributed by atoms with Crippen molar-refractivity contribution in [2.24, 2.45) is 5.16 Å². The first-order valence-corrected chi connectivity index (χ1v) is 14.8. The van der Waals surface area contributed by atoms with Crippen LogP contribution in [0.25, 0.3) is 6.08 Å². The molecule has 0 aromatic heterocycles. The average Bonchev–Trinajstić information content (AvgIpc) is 3.48. The fraction of sp³-hybridized carbons (Fsp3) is 0.324. The molecule has 4 rings (SSSR count). The molecule has 1 aliphatic carbocycles. The highest BCUT2D eigenvalue weighted by molar-refractivity contribution is 6.05. The molecule has 1 heterocycles. The lowest BCUT2D eigenvalue weighted by Crippen LogP contribution is -2.46. The molecule has 0 radical (unpaired) electrons. The van der Waals surface area contributed by atoms with Crippen LogP contribution >= 0.6 is 0 Å². The van der Waals surface area contributed by atoms with Crippen molar-refractivity contribution in [2.75, 3.05) is 39.3 Å². The minimum Gasteiger partial charge on any atom is -0.478 e. The van der Waals surface area contributed by atoms with Gasteiger partial charge in [-0.25, -0.2) is 19.2 Å². The summed E-state index contributed by atoms with van der Waals surface area (Å²) in [7, 11) is 0. The van der Waals surface area contributed by atoms with Crippen LogP contribution in [-0.4, -0.2) is 99.1 Å². The molecular formula is C34H41N3O9. The zero-order valence-corrected chi connectivity index (χ0v) is 25.6. The van der Waals surface area contributed by atoms with Gasteiger partial charge in [0.1, 0.15) is 6.61 Å². The smallest absolute Gasteiger partial charge is 0.328 e. The standard InChI is InChI=1S/C26H33N3O.2C4H4O4/c1-3-9-23(10-4-1)21-25-13-7-14-26(25)27-30-20-8-15-28-16-18-29(19-17-28)22-24-11-5-2-6-12-24;2*5-3(6)1-2-4(7)8/h1-6,9-12,21H,7-8,13-20,22H2;2*1-2H,(H,5,6)(H,7,8)/b;2*2-1+. The summed E-state index contributed by atoms with van der Waals surface area (Å²) in [6.07, 6.45) is 8.83. The molecule has 0 bridgehead atoms. The number of benzene rings is 2. The number of hydrogen-bond donors (Lipinski definition) is 4. The second-order valence-corrected chi connectivity index (χ2v) is 10.3. The van der Waals surface area contributed by atoms with Gasteiger partial charge in [-0.05, 0) is 48.5 Å². The Morgan fingerprint density at radius 1 is 0.696 bits per heavy atom. The van der Waals surface area contributed by atoms with Gasteiger partial charge >= 0.3 is 23.9 Å². The lowest BCUT2D eigenvalue weighted by Gasteiger charge is -2.34. The minimum absolute atomic E-state index is 0.558. The molecule has 1 saturated carbocycles. The van der Waals surface area contributed by atoms with Gasteiger partial charge < -0.3 is 30.2 Å². The summed E-state index contributed by atoms with van der Waals surface area (Å²) in [6, 6.07) is 21.3. The van der Waals surface area contributed by atoms with Crippen LogP contribution in [0.3, 0.4) is 0 Å². The number of carboxylic acid groups (broad SMARTS) is 4. The fourth-order valence-electron chi connectivity index (χ4n) is 4.54. The van der Waals surface area contributed by atoms with Crippen LogP contribution in [-0.2, 0) is 30.6 Å². The Balaban J connectivity index is 0.000000381. The molecule has 0 spiro atoms. The first-order valence-electron chi connectivity index (χ1n) is 14.8. The van der Waals surface area contributed by atoms with Crippen LogP contribution < -0.4 is 0 Å². The Kier molecular flexibility index (Phi) is 17.4. The quantitative estimate of drug-likeness (QED) is 0.149. The van der Waals surface area contributed by atoms with E-state index in [0.717, 1.165) is 64.2 Å². The van der Waals surface area contributed by atoms with Crippen molar-refractivity contribution in [3.05, 3.63) is 102 Å². The summed E-state index contributed by atoms with van der Waals surface area (Å²) in [5.41, 5.74) is 5.11. The molecule has 0 atom stereocenters. The van der Waals surface area contributed by atoms with E-state index >= 15 is 0 Å². The highest BCUT2D eigenvalue weighted by Gasteiger charge is 2.17. The number of oxime groups is 1. The van der Waals surface area contributed by atoms with Crippen molar-refractivity contribution in [2.45, 2.75) is 32.2 Å². The number of carbonyl (C=O) groups is 4.